The zero-order valence-electron chi connectivity index (χ0n) is 51.4. The third kappa shape index (κ3) is 20.6. The third-order valence-electron chi connectivity index (χ3n) is 9.51. The van der Waals surface area contributed by atoms with E-state index in [1.54, 1.807) is 37.3 Å². The van der Waals surface area contributed by atoms with E-state index in [2.05, 4.69) is 71.5 Å². The molecule has 8 aromatic heterocycles. The van der Waals surface area contributed by atoms with E-state index in [1.165, 1.54) is 73.4 Å². The average molecular weight is 1180 g/mol. The lowest BCUT2D eigenvalue weighted by Gasteiger charge is -2.14. The second-order valence-electron chi connectivity index (χ2n) is 15.8. The van der Waals surface area contributed by atoms with Crippen molar-refractivity contribution in [1.82, 2.24) is 55.5 Å². The number of aromatic nitrogens is 11. The Kier molecular flexibility index (Phi) is 19.1. The predicted octanol–water partition coefficient (Wildman–Crippen LogP) is 9.64. The highest BCUT2D eigenvalue weighted by Crippen LogP contribution is 2.29. The van der Waals surface area contributed by atoms with Crippen LogP contribution in [0.1, 0.15) is 100 Å². The highest BCUT2D eigenvalue weighted by Gasteiger charge is 2.19. The number of hydrogen-bond acceptors (Lipinski definition) is 23. The first-order chi connectivity index (χ1) is 40.8. The number of halogens is 3. The molecule has 0 atom stereocenters. The summed E-state index contributed by atoms with van der Waals surface area (Å²) in [6, 6.07) is 20.5. The van der Waals surface area contributed by atoms with Gasteiger partial charge in [0, 0.05) is 87.2 Å². The topological polar surface area (TPSA) is 349 Å². The summed E-state index contributed by atoms with van der Waals surface area (Å²) < 4.78 is 110. The van der Waals surface area contributed by atoms with Gasteiger partial charge in [-0.15, -0.1) is 15.3 Å². The van der Waals surface area contributed by atoms with Crippen LogP contribution in [0.5, 0.6) is 0 Å². The maximum Gasteiger partial charge on any atom is 0.179 e. The van der Waals surface area contributed by atoms with E-state index in [0.29, 0.717) is 23.3 Å². The molecule has 0 saturated heterocycles. The van der Waals surface area contributed by atoms with Crippen molar-refractivity contribution < 1.29 is 43.6 Å². The van der Waals surface area contributed by atoms with Crippen molar-refractivity contribution in [3.63, 3.8) is 0 Å². The monoisotopic (exact) mass is 1180 g/mol. The van der Waals surface area contributed by atoms with Gasteiger partial charge in [0.25, 0.3) is 0 Å². The SMILES string of the molecule is CS(=O)(=O)c1cccnc1N.Cc1ccc(N)nn1.[2H]C([2H])([2H])CC(=O)c1cnc(Cl)cc1Cl.[2H]C([2H])([2H])CC(=O)c1cnc(Nc2ccc(C)nn2)cc1Cl.[2H]C([2H])([2H])CC(=O)c1cnc(Nc2ccc(C)nn2)cc1Nc1ncccc1S(C)(=O)=O. The third-order valence-corrected chi connectivity index (χ3v) is 12.6. The number of nitrogens with two attached hydrogens (primary N) is 2. The maximum atomic E-state index is 12.6. The Bertz CT molecular complexity index is 3940. The maximum absolute atomic E-state index is 12.6. The number of carbonyl (C=O) groups is 3. The van der Waals surface area contributed by atoms with Gasteiger partial charge in [-0.05, 0) is 87.5 Å². The molecule has 0 radical (unpaired) electrons. The van der Waals surface area contributed by atoms with Gasteiger partial charge < -0.3 is 27.4 Å². The average Bonchev–Trinajstić information content (AvgIpc) is 3.52. The Morgan fingerprint density at radius 1 is 0.519 bits per heavy atom. The standard InChI is InChI=1S/C19H20N6O3S.C13H13ClN4O.C8H7Cl2NO.C6H8N2O2S.C5H7N3/c1-4-15(26)13-11-21-18(23-17-8-7-12(2)24-25-17)10-14(13)22-19-16(29(3,27)28)6-5-9-20-19;1-3-11(19)9-7-15-13(6-10(9)14)16-12-5-4-8(2)17-18-12;1-2-7(12)5-4-11-8(10)3-6(5)9;1-11(9,10)5-3-2-4-8-6(5)7;1-4-2-3-5(6)8-7-4/h5-11H,4H2,1-3H3,(H2,20,21,22,23,25);4-7H,3H2,1-2H3,(H,15,16,18);3-4H,2H2,1H3;2-4H,1H3,(H2,7,8);2-3H,1H3,(H2,6,8)/i3*1D3;;. The van der Waals surface area contributed by atoms with E-state index in [0.717, 1.165) is 29.6 Å². The lowest BCUT2D eigenvalue weighted by molar-refractivity contribution is 0.0980. The van der Waals surface area contributed by atoms with Crippen LogP contribution in [-0.2, 0) is 19.7 Å². The summed E-state index contributed by atoms with van der Waals surface area (Å²) in [5, 5.41) is 32.1. The minimum Gasteiger partial charge on any atom is -0.383 e. The molecule has 28 heteroatoms. The summed E-state index contributed by atoms with van der Waals surface area (Å²) in [6.45, 7) is -1.65. The van der Waals surface area contributed by atoms with E-state index in [4.69, 9.17) is 58.6 Å². The molecule has 0 fully saturated rings. The number of Topliss-reactive ketones (excluding diaryl/α,β-unsaturated/α-hetero) is 3. The number of nitrogens with one attached hydrogen (secondary N) is 3. The van der Waals surface area contributed by atoms with Gasteiger partial charge >= 0.3 is 0 Å². The summed E-state index contributed by atoms with van der Waals surface area (Å²) in [6.07, 6.45) is 6.77. The molecule has 8 aromatic rings. The van der Waals surface area contributed by atoms with Crippen LogP contribution < -0.4 is 27.4 Å². The van der Waals surface area contributed by atoms with Gasteiger partial charge in [-0.1, -0.05) is 55.4 Å². The molecule has 8 rings (SSSR count). The lowest BCUT2D eigenvalue weighted by atomic mass is 10.1. The fraction of sp³-hybridized carbons (Fsp3) is 0.216. The first-order valence-corrected chi connectivity index (χ1v) is 27.3. The van der Waals surface area contributed by atoms with E-state index in [-0.39, 0.29) is 64.8 Å². The van der Waals surface area contributed by atoms with Gasteiger partial charge in [0.2, 0.25) is 0 Å². The summed E-state index contributed by atoms with van der Waals surface area (Å²) in [5.41, 5.74) is 13.2. The molecule has 0 bridgehead atoms. The molecular formula is C51H55Cl3N16O7S2. The first kappa shape index (κ1) is 50.3. The highest BCUT2D eigenvalue weighted by atomic mass is 35.5. The molecule has 0 spiro atoms. The summed E-state index contributed by atoms with van der Waals surface area (Å²) in [7, 11) is -6.85. The van der Waals surface area contributed by atoms with E-state index < -0.39 is 76.8 Å². The van der Waals surface area contributed by atoms with Crippen molar-refractivity contribution in [2.75, 3.05) is 39.9 Å². The summed E-state index contributed by atoms with van der Waals surface area (Å²) in [4.78, 5) is 55.5. The quantitative estimate of drug-likeness (QED) is 0.0499. The van der Waals surface area contributed by atoms with Gasteiger partial charge in [-0.25, -0.2) is 41.8 Å². The molecule has 79 heavy (non-hydrogen) atoms. The second-order valence-corrected chi connectivity index (χ2v) is 21.0. The fourth-order valence-corrected chi connectivity index (χ4v) is 7.95. The Morgan fingerprint density at radius 2 is 0.975 bits per heavy atom. The van der Waals surface area contributed by atoms with Crippen LogP contribution in [0.4, 0.5) is 46.4 Å². The molecule has 8 heterocycles. The molecule has 0 aliphatic rings. The molecular weight excluding hydrogens is 1120 g/mol. The van der Waals surface area contributed by atoms with Crippen LogP contribution in [0, 0.1) is 20.8 Å². The normalized spacial score (nSPS) is 12.7. The molecule has 0 unspecified atom stereocenters. The Balaban J connectivity index is 0.000000256. The number of nitrogen functional groups attached to an aromatic ring is 2. The van der Waals surface area contributed by atoms with Crippen molar-refractivity contribution in [2.45, 2.75) is 70.4 Å². The number of nitrogens with zero attached hydrogens (tertiary/aromatic N) is 11. The minimum absolute atomic E-state index is 0.00906. The summed E-state index contributed by atoms with van der Waals surface area (Å²) in [5.74, 6) is 0.222. The predicted molar refractivity (Wildman–Crippen MR) is 305 cm³/mol. The van der Waals surface area contributed by atoms with Crippen molar-refractivity contribution >= 4 is 118 Å². The molecule has 7 N–H and O–H groups in total. The molecule has 0 aliphatic carbocycles. The summed E-state index contributed by atoms with van der Waals surface area (Å²) >= 11 is 17.3. The second kappa shape index (κ2) is 30.1. The van der Waals surface area contributed by atoms with Crippen LogP contribution in [-0.4, -0.2) is 102 Å². The van der Waals surface area contributed by atoms with Gasteiger partial charge in [-0.2, -0.15) is 15.3 Å². The van der Waals surface area contributed by atoms with Crippen molar-refractivity contribution in [3.8, 4) is 0 Å². The molecule has 414 valence electrons. The van der Waals surface area contributed by atoms with Gasteiger partial charge in [0.05, 0.1) is 49.5 Å². The minimum atomic E-state index is -3.63. The van der Waals surface area contributed by atoms with Crippen LogP contribution >= 0.6 is 34.8 Å². The highest BCUT2D eigenvalue weighted by molar-refractivity contribution is 7.91. The van der Waals surface area contributed by atoms with Crippen molar-refractivity contribution in [1.29, 1.82) is 0 Å². The number of rotatable bonds is 14. The van der Waals surface area contributed by atoms with Crippen molar-refractivity contribution in [3.05, 3.63) is 159 Å². The largest absolute Gasteiger partial charge is 0.383 e. The molecule has 0 aliphatic heterocycles. The molecule has 0 aromatic carbocycles. The number of ketones is 3. The fourth-order valence-electron chi connectivity index (χ4n) is 5.68. The van der Waals surface area contributed by atoms with Gasteiger partial charge in [-0.3, -0.25) is 14.4 Å². The number of pyridine rings is 5. The zero-order valence-corrected chi connectivity index (χ0v) is 46.3. The van der Waals surface area contributed by atoms with E-state index in [1.807, 2.05) is 19.9 Å². The molecule has 0 saturated carbocycles. The van der Waals surface area contributed by atoms with Crippen molar-refractivity contribution in [2.24, 2.45) is 0 Å². The molecule has 23 nitrogen and oxygen atoms in total. The van der Waals surface area contributed by atoms with Crippen LogP contribution in [0.25, 0.3) is 0 Å². The number of anilines is 8. The number of hydrogen-bond donors (Lipinski definition) is 5. The van der Waals surface area contributed by atoms with Crippen LogP contribution in [0.15, 0.2) is 120 Å². The van der Waals surface area contributed by atoms with E-state index >= 15 is 0 Å². The van der Waals surface area contributed by atoms with Crippen LogP contribution in [0.2, 0.25) is 15.2 Å². The first-order valence-electron chi connectivity index (χ1n) is 26.9. The number of aryl methyl sites for hydroxylation is 3. The van der Waals surface area contributed by atoms with Gasteiger partial charge in [0.15, 0.2) is 48.7 Å². The Morgan fingerprint density at radius 3 is 1.41 bits per heavy atom. The van der Waals surface area contributed by atoms with Crippen LogP contribution in [0.3, 0.4) is 0 Å². The van der Waals surface area contributed by atoms with E-state index in [9.17, 15) is 31.2 Å². The Labute approximate surface area is 484 Å². The number of sulfone groups is 2. The molecule has 0 amide bonds. The Hall–Kier alpha value is -8.23. The smallest absolute Gasteiger partial charge is 0.179 e. The van der Waals surface area contributed by atoms with Gasteiger partial charge in [0.1, 0.15) is 44.0 Å². The number of carbonyl (C=O) groups excluding carboxylic acids is 3. The lowest BCUT2D eigenvalue weighted by Crippen LogP contribution is -2.09. The zero-order chi connectivity index (χ0) is 66.0.